The molecule has 3 aromatic carbocycles. The van der Waals surface area contributed by atoms with E-state index in [4.69, 9.17) is 4.74 Å². The standard InChI is InChI=1S/C22H21NO5/c1-13(2)28-21-18(19(24)20(21)25)23-17(22(26)27)12-14-8-10-16(11-9-14)15-6-4-3-5-7-15/h3-11,13,17,23H,12H2,1-2H3,(H,26,27)/p-1. The predicted molar refractivity (Wildman–Crippen MR) is 105 cm³/mol. The van der Waals surface area contributed by atoms with Gasteiger partial charge in [0.25, 0.3) is 10.9 Å². The van der Waals surface area contributed by atoms with Gasteiger partial charge in [-0.2, -0.15) is 0 Å². The van der Waals surface area contributed by atoms with Gasteiger partial charge in [0.15, 0.2) is 5.75 Å². The number of aliphatic carboxylic acids is 1. The molecule has 3 rings (SSSR count). The number of nitrogens with one attached hydrogen (secondary N) is 1. The lowest BCUT2D eigenvalue weighted by Gasteiger charge is -2.23. The molecule has 0 spiro atoms. The van der Waals surface area contributed by atoms with Crippen molar-refractivity contribution >= 4 is 11.7 Å². The van der Waals surface area contributed by atoms with Crippen LogP contribution in [0.2, 0.25) is 0 Å². The second-order valence-corrected chi connectivity index (χ2v) is 6.81. The SMILES string of the molecule is CC(C)Oc1c(NC(Cc2ccc(-c3ccccc3)cc2)C(=O)[O-])c(=O)c1=O. The summed E-state index contributed by atoms with van der Waals surface area (Å²) in [6.45, 7) is 3.43. The van der Waals surface area contributed by atoms with Crippen LogP contribution in [0.5, 0.6) is 5.75 Å². The molecule has 1 N–H and O–H groups in total. The van der Waals surface area contributed by atoms with Crippen LogP contribution in [0, 0.1) is 0 Å². The van der Waals surface area contributed by atoms with Crippen molar-refractivity contribution in [3.8, 4) is 16.9 Å². The third kappa shape index (κ3) is 4.11. The van der Waals surface area contributed by atoms with Crippen molar-refractivity contribution in [1.29, 1.82) is 0 Å². The number of anilines is 1. The molecule has 0 saturated carbocycles. The van der Waals surface area contributed by atoms with Crippen LogP contribution in [0.15, 0.2) is 64.2 Å². The van der Waals surface area contributed by atoms with E-state index in [9.17, 15) is 19.5 Å². The van der Waals surface area contributed by atoms with Crippen molar-refractivity contribution in [3.05, 3.63) is 80.6 Å². The normalized spacial score (nSPS) is 12.1. The van der Waals surface area contributed by atoms with E-state index in [1.54, 1.807) is 13.8 Å². The minimum atomic E-state index is -1.37. The molecule has 3 aromatic rings. The number of ether oxygens (including phenoxy) is 1. The first-order valence-electron chi connectivity index (χ1n) is 8.98. The monoisotopic (exact) mass is 378 g/mol. The first-order chi connectivity index (χ1) is 13.4. The Hall–Kier alpha value is -3.41. The molecule has 1 atom stereocenters. The molecule has 144 valence electrons. The first kappa shape index (κ1) is 19.4. The lowest BCUT2D eigenvalue weighted by atomic mass is 10.0. The van der Waals surface area contributed by atoms with Crippen LogP contribution in [0.1, 0.15) is 19.4 Å². The minimum Gasteiger partial charge on any atom is -0.548 e. The van der Waals surface area contributed by atoms with Gasteiger partial charge in [-0.1, -0.05) is 54.6 Å². The van der Waals surface area contributed by atoms with Crippen molar-refractivity contribution < 1.29 is 14.6 Å². The van der Waals surface area contributed by atoms with Gasteiger partial charge < -0.3 is 20.0 Å². The Morgan fingerprint density at radius 3 is 2.14 bits per heavy atom. The number of hydrogen-bond donors (Lipinski definition) is 1. The van der Waals surface area contributed by atoms with Gasteiger partial charge >= 0.3 is 0 Å². The fraction of sp³-hybridized carbons (Fsp3) is 0.227. The summed E-state index contributed by atoms with van der Waals surface area (Å²) in [7, 11) is 0. The zero-order valence-electron chi connectivity index (χ0n) is 15.6. The summed E-state index contributed by atoms with van der Waals surface area (Å²) < 4.78 is 5.31. The molecule has 0 aliphatic carbocycles. The third-order valence-electron chi connectivity index (χ3n) is 4.32. The Balaban J connectivity index is 1.76. The van der Waals surface area contributed by atoms with E-state index in [1.165, 1.54) is 0 Å². The average molecular weight is 378 g/mol. The number of hydrogen-bond acceptors (Lipinski definition) is 6. The molecule has 0 aliphatic heterocycles. The smallest absolute Gasteiger partial charge is 0.272 e. The van der Waals surface area contributed by atoms with Gasteiger partial charge in [0, 0.05) is 0 Å². The topological polar surface area (TPSA) is 95.5 Å². The Labute approximate surface area is 162 Å². The van der Waals surface area contributed by atoms with Crippen LogP contribution < -0.4 is 26.0 Å². The highest BCUT2D eigenvalue weighted by molar-refractivity contribution is 5.78. The van der Waals surface area contributed by atoms with Crippen molar-refractivity contribution in [2.24, 2.45) is 0 Å². The second kappa shape index (κ2) is 8.08. The number of rotatable bonds is 8. The van der Waals surface area contributed by atoms with E-state index in [0.29, 0.717) is 0 Å². The van der Waals surface area contributed by atoms with Gasteiger partial charge in [0.05, 0.1) is 18.1 Å². The Kier molecular flexibility index (Phi) is 5.59. The highest BCUT2D eigenvalue weighted by Crippen LogP contribution is 2.22. The van der Waals surface area contributed by atoms with Crippen LogP contribution in [0.3, 0.4) is 0 Å². The summed E-state index contributed by atoms with van der Waals surface area (Å²) in [4.78, 5) is 35.0. The van der Waals surface area contributed by atoms with E-state index in [2.05, 4.69) is 5.32 Å². The van der Waals surface area contributed by atoms with Crippen LogP contribution in [0.25, 0.3) is 11.1 Å². The second-order valence-electron chi connectivity index (χ2n) is 6.81. The molecule has 0 aliphatic rings. The maximum Gasteiger partial charge on any atom is 0.272 e. The summed E-state index contributed by atoms with van der Waals surface area (Å²) in [6, 6.07) is 16.1. The van der Waals surface area contributed by atoms with Crippen molar-refractivity contribution in [3.63, 3.8) is 0 Å². The summed E-state index contributed by atoms with van der Waals surface area (Å²) in [6.07, 6.45) is -0.215. The van der Waals surface area contributed by atoms with Crippen molar-refractivity contribution in [2.75, 3.05) is 5.32 Å². The molecule has 6 heteroatoms. The summed E-state index contributed by atoms with van der Waals surface area (Å²) in [5, 5.41) is 14.2. The van der Waals surface area contributed by atoms with E-state index >= 15 is 0 Å². The lowest BCUT2D eigenvalue weighted by Crippen LogP contribution is -2.46. The molecule has 0 aromatic heterocycles. The average Bonchev–Trinajstić information content (AvgIpc) is 2.70. The number of carboxylic acids is 1. The zero-order valence-corrected chi connectivity index (χ0v) is 15.6. The fourth-order valence-corrected chi connectivity index (χ4v) is 2.92. The van der Waals surface area contributed by atoms with Gasteiger partial charge in [-0.3, -0.25) is 9.59 Å². The highest BCUT2D eigenvalue weighted by Gasteiger charge is 2.26. The summed E-state index contributed by atoms with van der Waals surface area (Å²) in [5.41, 5.74) is 1.20. The van der Waals surface area contributed by atoms with Crippen molar-refractivity contribution in [2.45, 2.75) is 32.4 Å². The molecule has 0 saturated heterocycles. The molecule has 6 nitrogen and oxygen atoms in total. The first-order valence-corrected chi connectivity index (χ1v) is 8.98. The van der Waals surface area contributed by atoms with Crippen molar-refractivity contribution in [1.82, 2.24) is 0 Å². The largest absolute Gasteiger partial charge is 0.548 e. The van der Waals surface area contributed by atoms with E-state index in [1.807, 2.05) is 54.6 Å². The maximum absolute atomic E-state index is 11.8. The van der Waals surface area contributed by atoms with Gasteiger partial charge in [-0.15, -0.1) is 0 Å². The Bertz CT molecular complexity index is 1030. The van der Waals surface area contributed by atoms with Crippen LogP contribution in [-0.2, 0) is 11.2 Å². The van der Waals surface area contributed by atoms with Crippen LogP contribution >= 0.6 is 0 Å². The van der Waals surface area contributed by atoms with E-state index < -0.39 is 22.9 Å². The Morgan fingerprint density at radius 1 is 0.964 bits per heavy atom. The maximum atomic E-state index is 11.8. The predicted octanol–water partition coefficient (Wildman–Crippen LogP) is 1.51. The summed E-state index contributed by atoms with van der Waals surface area (Å²) >= 11 is 0. The quantitative estimate of drug-likeness (QED) is 0.597. The zero-order chi connectivity index (χ0) is 20.3. The molecule has 0 fully saturated rings. The van der Waals surface area contributed by atoms with Gasteiger partial charge in [0.1, 0.15) is 5.69 Å². The molecule has 28 heavy (non-hydrogen) atoms. The van der Waals surface area contributed by atoms with Gasteiger partial charge in [0.2, 0.25) is 0 Å². The number of carbonyl (C=O) groups excluding carboxylic acids is 1. The molecular formula is C22H20NO5-. The molecule has 0 radical (unpaired) electrons. The number of carbonyl (C=O) groups is 1. The fourth-order valence-electron chi connectivity index (χ4n) is 2.92. The molecule has 1 unspecified atom stereocenters. The van der Waals surface area contributed by atoms with E-state index in [0.717, 1.165) is 16.7 Å². The third-order valence-corrected chi connectivity index (χ3v) is 4.32. The van der Waals surface area contributed by atoms with E-state index in [-0.39, 0.29) is 24.0 Å². The lowest BCUT2D eigenvalue weighted by molar-refractivity contribution is -0.306. The molecule has 0 heterocycles. The molecule has 0 bridgehead atoms. The number of carboxylic acid groups (broad SMARTS) is 1. The minimum absolute atomic E-state index is 0.0946. The van der Waals surface area contributed by atoms with Crippen LogP contribution in [0.4, 0.5) is 5.69 Å². The summed E-state index contributed by atoms with van der Waals surface area (Å²) in [5.74, 6) is -1.48. The van der Waals surface area contributed by atoms with Gasteiger partial charge in [-0.25, -0.2) is 0 Å². The molecular weight excluding hydrogens is 358 g/mol. The molecule has 0 amide bonds. The number of benzene rings is 2. The highest BCUT2D eigenvalue weighted by atomic mass is 16.5. The van der Waals surface area contributed by atoms with Gasteiger partial charge in [-0.05, 0) is 37.0 Å². The Morgan fingerprint density at radius 2 is 1.57 bits per heavy atom. The van der Waals surface area contributed by atoms with Crippen LogP contribution in [-0.4, -0.2) is 18.1 Å².